The van der Waals surface area contributed by atoms with Crippen LogP contribution in [0.25, 0.3) is 5.76 Å². The normalized spacial score (nSPS) is 10.3. The molecule has 1 aromatic rings. The lowest BCUT2D eigenvalue weighted by atomic mass is 10.4. The lowest BCUT2D eigenvalue weighted by molar-refractivity contribution is 0.134. The predicted octanol–water partition coefficient (Wildman–Crippen LogP) is 2.52. The molecule has 1 heterocycles. The minimum Gasteiger partial charge on any atom is -0.507 e. The van der Waals surface area contributed by atoms with E-state index in [1.807, 2.05) is 13.8 Å². The summed E-state index contributed by atoms with van der Waals surface area (Å²) in [7, 11) is 0. The molecule has 0 bridgehead atoms. The van der Waals surface area contributed by atoms with Gasteiger partial charge in [-0.25, -0.2) is 4.98 Å². The molecule has 1 aromatic heterocycles. The van der Waals surface area contributed by atoms with E-state index in [0.29, 0.717) is 13.2 Å². The van der Waals surface area contributed by atoms with Crippen LogP contribution in [0.3, 0.4) is 0 Å². The maximum absolute atomic E-state index is 9.18. The molecule has 1 rings (SSSR count). The quantitative estimate of drug-likeness (QED) is 0.758. The Hall–Kier alpha value is -0.870. The van der Waals surface area contributed by atoms with E-state index in [9.17, 15) is 5.11 Å². The van der Waals surface area contributed by atoms with Gasteiger partial charge in [0.15, 0.2) is 0 Å². The molecule has 0 radical (unpaired) electrons. The Labute approximate surface area is 81.7 Å². The monoisotopic (exact) mass is 199 g/mol. The van der Waals surface area contributed by atoms with Gasteiger partial charge < -0.3 is 9.84 Å². The number of aliphatic hydroxyl groups is 1. The average Bonchev–Trinajstić information content (AvgIpc) is 2.43. The number of nitrogens with zero attached hydrogens (tertiary/aromatic N) is 1. The molecule has 0 atom stereocenters. The summed E-state index contributed by atoms with van der Waals surface area (Å²) in [6.07, 6.45) is 0. The van der Waals surface area contributed by atoms with Crippen molar-refractivity contribution >= 4 is 17.1 Å². The van der Waals surface area contributed by atoms with Crippen molar-refractivity contribution in [2.24, 2.45) is 0 Å². The summed E-state index contributed by atoms with van der Waals surface area (Å²) >= 11 is 1.42. The van der Waals surface area contributed by atoms with Gasteiger partial charge in [-0.15, -0.1) is 11.3 Å². The molecule has 0 aliphatic heterocycles. The highest BCUT2D eigenvalue weighted by Gasteiger charge is 2.09. The van der Waals surface area contributed by atoms with Gasteiger partial charge in [0, 0.05) is 6.61 Å². The van der Waals surface area contributed by atoms with Crippen LogP contribution in [0.4, 0.5) is 0 Å². The van der Waals surface area contributed by atoms with Gasteiger partial charge in [-0.2, -0.15) is 0 Å². The van der Waals surface area contributed by atoms with E-state index >= 15 is 0 Å². The summed E-state index contributed by atoms with van der Waals surface area (Å²) < 4.78 is 5.20. The van der Waals surface area contributed by atoms with Crippen molar-refractivity contribution in [3.05, 3.63) is 22.2 Å². The van der Waals surface area contributed by atoms with Gasteiger partial charge in [0.1, 0.15) is 10.8 Å². The van der Waals surface area contributed by atoms with Gasteiger partial charge >= 0.3 is 0 Å². The maximum Gasteiger partial charge on any atom is 0.127 e. The zero-order valence-electron chi connectivity index (χ0n) is 7.83. The van der Waals surface area contributed by atoms with E-state index in [4.69, 9.17) is 4.74 Å². The van der Waals surface area contributed by atoms with Crippen molar-refractivity contribution in [2.75, 3.05) is 6.61 Å². The second kappa shape index (κ2) is 4.39. The van der Waals surface area contributed by atoms with Crippen molar-refractivity contribution in [1.29, 1.82) is 0 Å². The minimum atomic E-state index is 0.0812. The number of ether oxygens (including phenoxy) is 1. The molecule has 1 N–H and O–H groups in total. The van der Waals surface area contributed by atoms with Gasteiger partial charge in [0.25, 0.3) is 0 Å². The van der Waals surface area contributed by atoms with Crippen molar-refractivity contribution in [3.8, 4) is 0 Å². The van der Waals surface area contributed by atoms with Crippen LogP contribution in [0.2, 0.25) is 0 Å². The number of hydrogen-bond donors (Lipinski definition) is 1. The summed E-state index contributed by atoms with van der Waals surface area (Å²) in [6.45, 7) is 8.44. The molecule has 0 aromatic carbocycles. The summed E-state index contributed by atoms with van der Waals surface area (Å²) in [6, 6.07) is 0. The molecule has 13 heavy (non-hydrogen) atoms. The van der Waals surface area contributed by atoms with Crippen molar-refractivity contribution in [1.82, 2.24) is 4.98 Å². The van der Waals surface area contributed by atoms with Gasteiger partial charge in [-0.1, -0.05) is 6.58 Å². The molecule has 4 heteroatoms. The third-order valence-electron chi connectivity index (χ3n) is 1.53. The fourth-order valence-corrected chi connectivity index (χ4v) is 1.84. The van der Waals surface area contributed by atoms with Crippen LogP contribution in [0.1, 0.15) is 22.5 Å². The number of aliphatic hydroxyl groups excluding tert-OH is 1. The first-order chi connectivity index (χ1) is 6.15. The molecule has 0 saturated carbocycles. The van der Waals surface area contributed by atoms with Crippen LogP contribution in [0.5, 0.6) is 0 Å². The molecule has 0 fully saturated rings. The SMILES string of the molecule is C=C(O)c1sc(COCC)nc1C. The smallest absolute Gasteiger partial charge is 0.127 e. The molecule has 0 aliphatic carbocycles. The summed E-state index contributed by atoms with van der Waals surface area (Å²) in [4.78, 5) is 4.99. The van der Waals surface area contributed by atoms with Crippen molar-refractivity contribution in [2.45, 2.75) is 20.5 Å². The summed E-state index contributed by atoms with van der Waals surface area (Å²) in [5.74, 6) is 0.0812. The average molecular weight is 199 g/mol. The van der Waals surface area contributed by atoms with Crippen LogP contribution >= 0.6 is 11.3 Å². The molecule has 0 spiro atoms. The third kappa shape index (κ3) is 2.54. The van der Waals surface area contributed by atoms with Crippen LogP contribution in [0.15, 0.2) is 6.58 Å². The Morgan fingerprint density at radius 2 is 2.38 bits per heavy atom. The fraction of sp³-hybridized carbons (Fsp3) is 0.444. The highest BCUT2D eigenvalue weighted by Crippen LogP contribution is 2.23. The van der Waals surface area contributed by atoms with Crippen molar-refractivity contribution < 1.29 is 9.84 Å². The molecule has 0 unspecified atom stereocenters. The first-order valence-corrected chi connectivity index (χ1v) is 4.89. The van der Waals surface area contributed by atoms with E-state index < -0.39 is 0 Å². The Kier molecular flexibility index (Phi) is 3.45. The molecule has 0 aliphatic rings. The van der Waals surface area contributed by atoms with Crippen LogP contribution in [-0.4, -0.2) is 16.7 Å². The number of thiazole rings is 1. The van der Waals surface area contributed by atoms with E-state index in [-0.39, 0.29) is 5.76 Å². The Balaban J connectivity index is 2.76. The summed E-state index contributed by atoms with van der Waals surface area (Å²) in [5.41, 5.74) is 0.812. The molecule has 0 saturated heterocycles. The second-order valence-corrected chi connectivity index (χ2v) is 3.69. The van der Waals surface area contributed by atoms with Crippen LogP contribution in [-0.2, 0) is 11.3 Å². The Bertz CT molecular complexity index is 307. The molecular weight excluding hydrogens is 186 g/mol. The van der Waals surface area contributed by atoms with Gasteiger partial charge in [0.2, 0.25) is 0 Å². The molecule has 72 valence electrons. The van der Waals surface area contributed by atoms with Crippen LogP contribution in [0, 0.1) is 6.92 Å². The standard InChI is InChI=1S/C9H13NO2S/c1-4-12-5-8-10-6(2)9(13-8)7(3)11/h11H,3-5H2,1-2H3. The number of rotatable bonds is 4. The zero-order chi connectivity index (χ0) is 9.84. The molecular formula is C9H13NO2S. The number of hydrogen-bond acceptors (Lipinski definition) is 4. The van der Waals surface area contributed by atoms with Crippen LogP contribution < -0.4 is 0 Å². The van der Waals surface area contributed by atoms with E-state index in [0.717, 1.165) is 15.6 Å². The van der Waals surface area contributed by atoms with Gasteiger partial charge in [-0.05, 0) is 13.8 Å². The lowest BCUT2D eigenvalue weighted by Gasteiger charge is -1.94. The fourth-order valence-electron chi connectivity index (χ4n) is 0.971. The Morgan fingerprint density at radius 3 is 2.85 bits per heavy atom. The minimum absolute atomic E-state index is 0.0812. The van der Waals surface area contributed by atoms with Gasteiger partial charge in [0.05, 0.1) is 17.2 Å². The lowest BCUT2D eigenvalue weighted by Crippen LogP contribution is -1.90. The van der Waals surface area contributed by atoms with Gasteiger partial charge in [-0.3, -0.25) is 0 Å². The predicted molar refractivity (Wildman–Crippen MR) is 53.8 cm³/mol. The van der Waals surface area contributed by atoms with Crippen molar-refractivity contribution in [3.63, 3.8) is 0 Å². The van der Waals surface area contributed by atoms with E-state index in [1.165, 1.54) is 11.3 Å². The topological polar surface area (TPSA) is 42.4 Å². The third-order valence-corrected chi connectivity index (χ3v) is 2.71. The summed E-state index contributed by atoms with van der Waals surface area (Å²) in [5, 5.41) is 10.1. The highest BCUT2D eigenvalue weighted by atomic mass is 32.1. The number of aromatic nitrogens is 1. The first kappa shape index (κ1) is 10.2. The second-order valence-electron chi connectivity index (χ2n) is 2.61. The first-order valence-electron chi connectivity index (χ1n) is 4.07. The highest BCUT2D eigenvalue weighted by molar-refractivity contribution is 7.12. The maximum atomic E-state index is 9.18. The van der Waals surface area contributed by atoms with E-state index in [1.54, 1.807) is 0 Å². The molecule has 0 amide bonds. The molecule has 3 nitrogen and oxygen atoms in total. The van der Waals surface area contributed by atoms with E-state index in [2.05, 4.69) is 11.6 Å². The zero-order valence-corrected chi connectivity index (χ0v) is 8.65. The largest absolute Gasteiger partial charge is 0.507 e. The number of aryl methyl sites for hydroxylation is 1. The Morgan fingerprint density at radius 1 is 1.69 bits per heavy atom.